The maximum atomic E-state index is 10.2. The molecule has 36 heavy (non-hydrogen) atoms. The van der Waals surface area contributed by atoms with Crippen LogP contribution in [0.2, 0.25) is 5.02 Å². The van der Waals surface area contributed by atoms with Crippen LogP contribution in [0.15, 0.2) is 55.5 Å². The Balaban J connectivity index is 1.41. The highest BCUT2D eigenvalue weighted by atomic mass is 35.5. The molecule has 4 aromatic rings. The molecule has 186 valence electrons. The summed E-state index contributed by atoms with van der Waals surface area (Å²) in [6, 6.07) is 6.25. The Hall–Kier alpha value is -3.36. The van der Waals surface area contributed by atoms with Gasteiger partial charge in [-0.25, -0.2) is 19.9 Å². The number of piperidine rings is 1. The SMILES string of the molecule is CC(Nc1c(Cl)cnc2ccc(-c3cnc(C(C)(C)O)nc3)cc12)[C@H]1CCCN(c2cncnc2)C1. The number of nitrogens with zero attached hydrogens (tertiary/aromatic N) is 6. The van der Waals surface area contributed by atoms with Gasteiger partial charge in [0.25, 0.3) is 0 Å². The van der Waals surface area contributed by atoms with Crippen molar-refractivity contribution in [1.29, 1.82) is 0 Å². The van der Waals surface area contributed by atoms with Crippen LogP contribution in [-0.2, 0) is 5.60 Å². The number of benzene rings is 1. The van der Waals surface area contributed by atoms with Crippen molar-refractivity contribution in [2.45, 2.75) is 45.3 Å². The number of fused-ring (bicyclic) bond motifs is 1. The number of hydrogen-bond donors (Lipinski definition) is 2. The Morgan fingerprint density at radius 1 is 1.06 bits per heavy atom. The fourth-order valence-electron chi connectivity index (χ4n) is 4.74. The molecular weight excluding hydrogens is 474 g/mol. The summed E-state index contributed by atoms with van der Waals surface area (Å²) in [5.74, 6) is 0.820. The predicted molar refractivity (Wildman–Crippen MR) is 143 cm³/mol. The standard InChI is InChI=1S/C27H30ClN7O/c1-17(19-5-4-8-35(15-19)21-12-29-16-30-13-21)34-25-22-9-18(6-7-24(22)31-14-23(25)28)20-10-32-26(33-11-20)27(2,3)36/h6-7,9-14,16-17,19,36H,4-5,8,15H2,1-3H3,(H,31,34)/t17?,19-/m0/s1. The minimum atomic E-state index is -1.09. The van der Waals surface area contributed by atoms with Gasteiger partial charge in [0.05, 0.1) is 34.3 Å². The first-order chi connectivity index (χ1) is 17.3. The molecule has 0 aliphatic carbocycles. The van der Waals surface area contributed by atoms with Crippen LogP contribution in [0.4, 0.5) is 11.4 Å². The zero-order valence-electron chi connectivity index (χ0n) is 20.7. The van der Waals surface area contributed by atoms with E-state index in [2.05, 4.69) is 48.1 Å². The zero-order chi connectivity index (χ0) is 25.3. The van der Waals surface area contributed by atoms with Gasteiger partial charge >= 0.3 is 0 Å². The number of aromatic nitrogens is 5. The fourth-order valence-corrected chi connectivity index (χ4v) is 4.95. The Kier molecular flexibility index (Phi) is 6.73. The largest absolute Gasteiger partial charge is 0.382 e. The van der Waals surface area contributed by atoms with Crippen LogP contribution in [0, 0.1) is 5.92 Å². The van der Waals surface area contributed by atoms with E-state index in [0.717, 1.165) is 59.3 Å². The second-order valence-corrected chi connectivity index (χ2v) is 10.4. The van der Waals surface area contributed by atoms with Crippen LogP contribution in [0.5, 0.6) is 0 Å². The van der Waals surface area contributed by atoms with E-state index >= 15 is 0 Å². The first-order valence-corrected chi connectivity index (χ1v) is 12.6. The molecule has 1 aromatic carbocycles. The number of aliphatic hydroxyl groups is 1. The zero-order valence-corrected chi connectivity index (χ0v) is 21.4. The van der Waals surface area contributed by atoms with Gasteiger partial charge in [0, 0.05) is 48.7 Å². The molecule has 1 unspecified atom stereocenters. The molecule has 3 aromatic heterocycles. The molecule has 2 atom stereocenters. The molecule has 0 bridgehead atoms. The number of anilines is 2. The van der Waals surface area contributed by atoms with Crippen molar-refractivity contribution in [3.63, 3.8) is 0 Å². The third kappa shape index (κ3) is 5.10. The van der Waals surface area contributed by atoms with E-state index in [-0.39, 0.29) is 6.04 Å². The van der Waals surface area contributed by atoms with Gasteiger partial charge in [0.15, 0.2) is 5.82 Å². The minimum Gasteiger partial charge on any atom is -0.382 e. The summed E-state index contributed by atoms with van der Waals surface area (Å²) in [5, 5.41) is 15.4. The molecule has 5 rings (SSSR count). The van der Waals surface area contributed by atoms with E-state index in [1.54, 1.807) is 38.8 Å². The molecule has 0 amide bonds. The van der Waals surface area contributed by atoms with Gasteiger partial charge in [-0.2, -0.15) is 0 Å². The third-order valence-electron chi connectivity index (χ3n) is 6.80. The molecule has 1 fully saturated rings. The molecule has 0 saturated carbocycles. The Bertz CT molecular complexity index is 1340. The molecule has 8 nitrogen and oxygen atoms in total. The smallest absolute Gasteiger partial charge is 0.159 e. The molecule has 1 saturated heterocycles. The number of hydrogen-bond acceptors (Lipinski definition) is 8. The van der Waals surface area contributed by atoms with Crippen molar-refractivity contribution in [2.24, 2.45) is 5.92 Å². The van der Waals surface area contributed by atoms with E-state index in [9.17, 15) is 5.11 Å². The molecule has 2 N–H and O–H groups in total. The topological polar surface area (TPSA) is 100.0 Å². The maximum Gasteiger partial charge on any atom is 0.159 e. The van der Waals surface area contributed by atoms with Crippen LogP contribution in [0.25, 0.3) is 22.0 Å². The highest BCUT2D eigenvalue weighted by molar-refractivity contribution is 6.34. The van der Waals surface area contributed by atoms with Crippen molar-refractivity contribution >= 4 is 33.9 Å². The normalized spacial score (nSPS) is 17.2. The summed E-state index contributed by atoms with van der Waals surface area (Å²) in [6.07, 6.45) is 12.7. The Morgan fingerprint density at radius 3 is 2.53 bits per heavy atom. The summed E-state index contributed by atoms with van der Waals surface area (Å²) < 4.78 is 0. The van der Waals surface area contributed by atoms with Crippen molar-refractivity contribution in [3.8, 4) is 11.1 Å². The van der Waals surface area contributed by atoms with Gasteiger partial charge in [-0.3, -0.25) is 4.98 Å². The van der Waals surface area contributed by atoms with E-state index in [1.165, 1.54) is 0 Å². The molecular formula is C27H30ClN7O. The molecule has 4 heterocycles. The van der Waals surface area contributed by atoms with Gasteiger partial charge < -0.3 is 15.3 Å². The summed E-state index contributed by atoms with van der Waals surface area (Å²) in [7, 11) is 0. The molecule has 0 spiro atoms. The van der Waals surface area contributed by atoms with Crippen LogP contribution in [-0.4, -0.2) is 49.2 Å². The van der Waals surface area contributed by atoms with Gasteiger partial charge in [-0.1, -0.05) is 17.7 Å². The first-order valence-electron chi connectivity index (χ1n) is 12.2. The second-order valence-electron chi connectivity index (χ2n) is 9.95. The van der Waals surface area contributed by atoms with E-state index in [4.69, 9.17) is 11.6 Å². The van der Waals surface area contributed by atoms with Gasteiger partial charge in [-0.15, -0.1) is 0 Å². The average Bonchev–Trinajstić information content (AvgIpc) is 2.90. The lowest BCUT2D eigenvalue weighted by Crippen LogP contribution is -2.42. The monoisotopic (exact) mass is 503 g/mol. The van der Waals surface area contributed by atoms with Crippen molar-refractivity contribution in [1.82, 2.24) is 24.9 Å². The minimum absolute atomic E-state index is 0.193. The third-order valence-corrected chi connectivity index (χ3v) is 7.09. The highest BCUT2D eigenvalue weighted by Crippen LogP contribution is 2.35. The predicted octanol–water partition coefficient (Wildman–Crippen LogP) is 5.08. The number of rotatable bonds is 6. The highest BCUT2D eigenvalue weighted by Gasteiger charge is 2.26. The molecule has 0 radical (unpaired) electrons. The number of nitrogens with one attached hydrogen (secondary N) is 1. The molecule has 1 aliphatic rings. The summed E-state index contributed by atoms with van der Waals surface area (Å²) in [5.41, 5.74) is 3.52. The summed E-state index contributed by atoms with van der Waals surface area (Å²) in [6.45, 7) is 7.49. The van der Waals surface area contributed by atoms with Crippen LogP contribution in [0.1, 0.15) is 39.4 Å². The number of halogens is 1. The van der Waals surface area contributed by atoms with Crippen molar-refractivity contribution in [2.75, 3.05) is 23.3 Å². The van der Waals surface area contributed by atoms with E-state index < -0.39 is 5.60 Å². The Morgan fingerprint density at radius 2 is 1.81 bits per heavy atom. The Labute approximate surface area is 215 Å². The van der Waals surface area contributed by atoms with Crippen LogP contribution >= 0.6 is 11.6 Å². The molecule has 9 heteroatoms. The summed E-state index contributed by atoms with van der Waals surface area (Å²) in [4.78, 5) is 24.0. The molecule has 1 aliphatic heterocycles. The number of pyridine rings is 1. The maximum absolute atomic E-state index is 10.2. The van der Waals surface area contributed by atoms with Gasteiger partial charge in [0.2, 0.25) is 0 Å². The summed E-state index contributed by atoms with van der Waals surface area (Å²) >= 11 is 6.68. The van der Waals surface area contributed by atoms with Crippen LogP contribution in [0.3, 0.4) is 0 Å². The lowest BCUT2D eigenvalue weighted by Gasteiger charge is -2.37. The van der Waals surface area contributed by atoms with E-state index in [0.29, 0.717) is 16.8 Å². The van der Waals surface area contributed by atoms with Crippen LogP contribution < -0.4 is 10.2 Å². The van der Waals surface area contributed by atoms with Crippen molar-refractivity contribution < 1.29 is 5.11 Å². The quantitative estimate of drug-likeness (QED) is 0.375. The van der Waals surface area contributed by atoms with Gasteiger partial charge in [-0.05, 0) is 57.2 Å². The second kappa shape index (κ2) is 9.95. The van der Waals surface area contributed by atoms with E-state index in [1.807, 2.05) is 24.5 Å². The fraction of sp³-hybridized carbons (Fsp3) is 0.370. The lowest BCUT2D eigenvalue weighted by molar-refractivity contribution is 0.0687. The van der Waals surface area contributed by atoms with Gasteiger partial charge in [0.1, 0.15) is 11.9 Å². The lowest BCUT2D eigenvalue weighted by atomic mass is 9.91. The van der Waals surface area contributed by atoms with Crippen molar-refractivity contribution in [3.05, 3.63) is 66.4 Å². The average molecular weight is 504 g/mol. The first kappa shape index (κ1) is 24.3.